The van der Waals surface area contributed by atoms with E-state index in [4.69, 9.17) is 14.2 Å². The maximum atomic E-state index is 14.2. The number of nitrogens with one attached hydrogen (secondary N) is 1. The number of fused-ring (bicyclic) bond motifs is 1. The van der Waals surface area contributed by atoms with Gasteiger partial charge in [0.05, 0.1) is 18.3 Å². The van der Waals surface area contributed by atoms with Gasteiger partial charge in [0.25, 0.3) is 0 Å². The molecule has 3 aromatic rings. The van der Waals surface area contributed by atoms with Crippen LogP contribution in [0, 0.1) is 5.82 Å². The Morgan fingerprint density at radius 3 is 2.68 bits per heavy atom. The molecule has 1 unspecified atom stereocenters. The maximum absolute atomic E-state index is 14.2. The number of hydrogen-bond acceptors (Lipinski definition) is 6. The van der Waals surface area contributed by atoms with Crippen LogP contribution in [0.15, 0.2) is 60.0 Å². The van der Waals surface area contributed by atoms with Gasteiger partial charge in [-0.2, -0.15) is 0 Å². The van der Waals surface area contributed by atoms with Crippen LogP contribution in [0.5, 0.6) is 11.5 Å². The Morgan fingerprint density at radius 2 is 1.89 bits per heavy atom. The van der Waals surface area contributed by atoms with E-state index in [1.807, 2.05) is 35.7 Å². The average Bonchev–Trinajstić information content (AvgIpc) is 3.68. The standard InChI is InChI=1S/C27H28FN3O5S/c28-22-7-1-2-8-23(22)29-27(33)31(15-20-5-3-11-34-20)17-26(32)30(16-21-6-4-12-37-21)14-19-9-10-24-25(13-19)36-18-35-24/h1-2,4,6-10,12-13,20H,3,5,11,14-18H2,(H,29,33). The van der Waals surface area contributed by atoms with Gasteiger partial charge in [0.15, 0.2) is 11.5 Å². The van der Waals surface area contributed by atoms with E-state index in [-0.39, 0.29) is 37.6 Å². The summed E-state index contributed by atoms with van der Waals surface area (Å²) in [5, 5.41) is 4.57. The second-order valence-corrected chi connectivity index (χ2v) is 9.97. The fraction of sp³-hybridized carbons (Fsp3) is 0.333. The van der Waals surface area contributed by atoms with E-state index < -0.39 is 11.8 Å². The molecule has 0 saturated carbocycles. The molecule has 0 aliphatic carbocycles. The summed E-state index contributed by atoms with van der Waals surface area (Å²) in [5.41, 5.74) is 0.948. The molecule has 5 rings (SSSR count). The number of carbonyl (C=O) groups is 2. The van der Waals surface area contributed by atoms with E-state index in [1.54, 1.807) is 28.4 Å². The highest BCUT2D eigenvalue weighted by Crippen LogP contribution is 2.33. The summed E-state index contributed by atoms with van der Waals surface area (Å²) in [4.78, 5) is 31.0. The molecule has 37 heavy (non-hydrogen) atoms. The van der Waals surface area contributed by atoms with Gasteiger partial charge in [-0.1, -0.05) is 24.3 Å². The molecule has 2 aliphatic heterocycles. The van der Waals surface area contributed by atoms with Crippen LogP contribution in [0.1, 0.15) is 23.3 Å². The van der Waals surface area contributed by atoms with Crippen LogP contribution < -0.4 is 14.8 Å². The van der Waals surface area contributed by atoms with Crippen molar-refractivity contribution in [1.29, 1.82) is 0 Å². The van der Waals surface area contributed by atoms with Crippen LogP contribution in [0.3, 0.4) is 0 Å². The number of thiophene rings is 1. The number of nitrogens with zero attached hydrogens (tertiary/aromatic N) is 2. The lowest BCUT2D eigenvalue weighted by Crippen LogP contribution is -2.46. The molecule has 194 valence electrons. The summed E-state index contributed by atoms with van der Waals surface area (Å²) in [6.45, 7) is 1.59. The van der Waals surface area contributed by atoms with Gasteiger partial charge in [-0.25, -0.2) is 9.18 Å². The number of anilines is 1. The van der Waals surface area contributed by atoms with Gasteiger partial charge in [-0.15, -0.1) is 11.3 Å². The molecule has 2 aliphatic rings. The van der Waals surface area contributed by atoms with Crippen LogP contribution >= 0.6 is 11.3 Å². The molecular weight excluding hydrogens is 497 g/mol. The number of ether oxygens (including phenoxy) is 3. The topological polar surface area (TPSA) is 80.3 Å². The Labute approximate surface area is 218 Å². The molecule has 0 spiro atoms. The summed E-state index contributed by atoms with van der Waals surface area (Å²) in [6, 6.07) is 14.9. The van der Waals surface area contributed by atoms with Crippen molar-refractivity contribution in [2.24, 2.45) is 0 Å². The first-order valence-corrected chi connectivity index (χ1v) is 13.0. The van der Waals surface area contributed by atoms with Gasteiger partial charge in [0, 0.05) is 24.6 Å². The first-order chi connectivity index (χ1) is 18.0. The molecule has 1 saturated heterocycles. The maximum Gasteiger partial charge on any atom is 0.322 e. The average molecular weight is 526 g/mol. The molecule has 1 N–H and O–H groups in total. The van der Waals surface area contributed by atoms with Crippen molar-refractivity contribution in [2.45, 2.75) is 32.0 Å². The number of amides is 3. The Bertz CT molecular complexity index is 1230. The molecule has 0 radical (unpaired) electrons. The molecule has 1 fully saturated rings. The zero-order chi connectivity index (χ0) is 25.6. The Balaban J connectivity index is 1.34. The molecule has 2 aromatic carbocycles. The zero-order valence-corrected chi connectivity index (χ0v) is 21.0. The van der Waals surface area contributed by atoms with E-state index in [9.17, 15) is 14.0 Å². The van der Waals surface area contributed by atoms with Crippen molar-refractivity contribution < 1.29 is 28.2 Å². The summed E-state index contributed by atoms with van der Waals surface area (Å²) in [5.74, 6) is 0.548. The van der Waals surface area contributed by atoms with E-state index in [0.29, 0.717) is 31.2 Å². The molecule has 1 atom stereocenters. The number of urea groups is 1. The van der Waals surface area contributed by atoms with Gasteiger partial charge in [0.2, 0.25) is 12.7 Å². The SMILES string of the molecule is O=C(CN(CC1CCCO1)C(=O)Nc1ccccc1F)N(Cc1ccc2c(c1)OCO2)Cc1cccs1. The number of halogens is 1. The van der Waals surface area contributed by atoms with Gasteiger partial charge >= 0.3 is 6.03 Å². The number of benzene rings is 2. The van der Waals surface area contributed by atoms with Crippen molar-refractivity contribution >= 4 is 29.0 Å². The van der Waals surface area contributed by atoms with Crippen molar-refractivity contribution in [3.8, 4) is 11.5 Å². The van der Waals surface area contributed by atoms with E-state index >= 15 is 0 Å². The van der Waals surface area contributed by atoms with Gasteiger partial charge in [-0.05, 0) is 54.1 Å². The lowest BCUT2D eigenvalue weighted by atomic mass is 10.1. The summed E-state index contributed by atoms with van der Waals surface area (Å²) in [6.07, 6.45) is 1.53. The van der Waals surface area contributed by atoms with Crippen LogP contribution in [-0.4, -0.2) is 54.3 Å². The molecule has 10 heteroatoms. The third-order valence-electron chi connectivity index (χ3n) is 6.27. The van der Waals surface area contributed by atoms with E-state index in [0.717, 1.165) is 23.3 Å². The smallest absolute Gasteiger partial charge is 0.322 e. The summed E-state index contributed by atoms with van der Waals surface area (Å²) >= 11 is 1.56. The van der Waals surface area contributed by atoms with E-state index in [2.05, 4.69) is 5.32 Å². The van der Waals surface area contributed by atoms with Crippen LogP contribution in [-0.2, 0) is 22.6 Å². The predicted molar refractivity (Wildman–Crippen MR) is 137 cm³/mol. The van der Waals surface area contributed by atoms with Crippen molar-refractivity contribution in [1.82, 2.24) is 9.80 Å². The normalized spacial score (nSPS) is 16.0. The second kappa shape index (κ2) is 11.6. The first kappa shape index (κ1) is 25.0. The fourth-order valence-electron chi connectivity index (χ4n) is 4.36. The molecule has 3 heterocycles. The molecule has 1 aromatic heterocycles. The minimum Gasteiger partial charge on any atom is -0.454 e. The molecule has 0 bridgehead atoms. The fourth-order valence-corrected chi connectivity index (χ4v) is 5.08. The van der Waals surface area contributed by atoms with Gasteiger partial charge in [0.1, 0.15) is 12.4 Å². The number of rotatable bonds is 9. The predicted octanol–water partition coefficient (Wildman–Crippen LogP) is 4.86. The minimum absolute atomic E-state index is 0.0630. The minimum atomic E-state index is -0.548. The second-order valence-electron chi connectivity index (χ2n) is 8.94. The molecular formula is C27H28FN3O5S. The highest BCUT2D eigenvalue weighted by molar-refractivity contribution is 7.09. The number of para-hydroxylation sites is 1. The Hall–Kier alpha value is -3.63. The van der Waals surface area contributed by atoms with Gasteiger partial charge < -0.3 is 29.3 Å². The highest BCUT2D eigenvalue weighted by atomic mass is 32.1. The van der Waals surface area contributed by atoms with Gasteiger partial charge in [-0.3, -0.25) is 4.79 Å². The van der Waals surface area contributed by atoms with Crippen LogP contribution in [0.4, 0.5) is 14.9 Å². The van der Waals surface area contributed by atoms with Crippen LogP contribution in [0.2, 0.25) is 0 Å². The largest absolute Gasteiger partial charge is 0.454 e. The lowest BCUT2D eigenvalue weighted by molar-refractivity contribution is -0.133. The highest BCUT2D eigenvalue weighted by Gasteiger charge is 2.27. The number of hydrogen-bond donors (Lipinski definition) is 1. The lowest BCUT2D eigenvalue weighted by Gasteiger charge is -2.29. The third kappa shape index (κ3) is 6.39. The first-order valence-electron chi connectivity index (χ1n) is 12.2. The molecule has 8 nitrogen and oxygen atoms in total. The zero-order valence-electron chi connectivity index (χ0n) is 20.2. The summed E-state index contributed by atoms with van der Waals surface area (Å²) in [7, 11) is 0. The Kier molecular flexibility index (Phi) is 7.86. The Morgan fingerprint density at radius 1 is 1.03 bits per heavy atom. The van der Waals surface area contributed by atoms with Crippen LogP contribution in [0.25, 0.3) is 0 Å². The molecule has 3 amide bonds. The van der Waals surface area contributed by atoms with Crippen molar-refractivity contribution in [2.75, 3.05) is 31.8 Å². The van der Waals surface area contributed by atoms with E-state index in [1.165, 1.54) is 17.0 Å². The van der Waals surface area contributed by atoms with Crippen molar-refractivity contribution in [3.05, 3.63) is 76.2 Å². The van der Waals surface area contributed by atoms with Crippen molar-refractivity contribution in [3.63, 3.8) is 0 Å². The third-order valence-corrected chi connectivity index (χ3v) is 7.13. The quantitative estimate of drug-likeness (QED) is 0.432. The number of carbonyl (C=O) groups excluding carboxylic acids is 2. The summed E-state index contributed by atoms with van der Waals surface area (Å²) < 4.78 is 30.8. The monoisotopic (exact) mass is 525 g/mol.